The van der Waals surface area contributed by atoms with Gasteiger partial charge in [0.15, 0.2) is 5.75 Å². The average molecular weight is 440 g/mol. The number of anilines is 1. The highest BCUT2D eigenvalue weighted by molar-refractivity contribution is 6.37. The summed E-state index contributed by atoms with van der Waals surface area (Å²) >= 11 is 12.2. The zero-order valence-corrected chi connectivity index (χ0v) is 17.2. The van der Waals surface area contributed by atoms with Gasteiger partial charge in [0.05, 0.1) is 17.2 Å². The van der Waals surface area contributed by atoms with E-state index in [1.165, 1.54) is 19.2 Å². The highest BCUT2D eigenvalue weighted by Crippen LogP contribution is 2.34. The molecule has 30 heavy (non-hydrogen) atoms. The SMILES string of the molecule is COc1c(Cl)cc(C(=O)Nc2ccc(-c3nc(-c4ccccc4)no3)cc2)cc1Cl. The second-order valence-corrected chi connectivity index (χ2v) is 7.11. The lowest BCUT2D eigenvalue weighted by molar-refractivity contribution is 0.102. The summed E-state index contributed by atoms with van der Waals surface area (Å²) < 4.78 is 10.5. The van der Waals surface area contributed by atoms with Crippen molar-refractivity contribution in [2.45, 2.75) is 0 Å². The van der Waals surface area contributed by atoms with Gasteiger partial charge in [0.25, 0.3) is 11.8 Å². The fraction of sp³-hybridized carbons (Fsp3) is 0.0455. The number of carbonyl (C=O) groups is 1. The van der Waals surface area contributed by atoms with Crippen LogP contribution in [0, 0.1) is 0 Å². The van der Waals surface area contributed by atoms with Crippen LogP contribution >= 0.6 is 23.2 Å². The lowest BCUT2D eigenvalue weighted by Gasteiger charge is -2.09. The number of hydrogen-bond donors (Lipinski definition) is 1. The van der Waals surface area contributed by atoms with Crippen molar-refractivity contribution in [2.24, 2.45) is 0 Å². The predicted octanol–water partition coefficient (Wildman–Crippen LogP) is 5.97. The lowest BCUT2D eigenvalue weighted by atomic mass is 10.1. The fourth-order valence-electron chi connectivity index (χ4n) is 2.83. The average Bonchev–Trinajstić information content (AvgIpc) is 3.25. The Morgan fingerprint density at radius 2 is 1.63 bits per heavy atom. The van der Waals surface area contributed by atoms with Gasteiger partial charge in [-0.15, -0.1) is 0 Å². The number of methoxy groups -OCH3 is 1. The van der Waals surface area contributed by atoms with E-state index >= 15 is 0 Å². The molecule has 4 rings (SSSR count). The first-order valence-electron chi connectivity index (χ1n) is 8.89. The topological polar surface area (TPSA) is 77.2 Å². The molecule has 1 aromatic heterocycles. The van der Waals surface area contributed by atoms with Gasteiger partial charge in [-0.05, 0) is 36.4 Å². The van der Waals surface area contributed by atoms with E-state index in [0.29, 0.717) is 28.7 Å². The molecular weight excluding hydrogens is 425 g/mol. The van der Waals surface area contributed by atoms with E-state index < -0.39 is 0 Å². The molecule has 0 spiro atoms. The molecule has 0 aliphatic heterocycles. The second kappa shape index (κ2) is 8.57. The normalized spacial score (nSPS) is 10.6. The van der Waals surface area contributed by atoms with Crippen LogP contribution < -0.4 is 10.1 Å². The minimum absolute atomic E-state index is 0.260. The van der Waals surface area contributed by atoms with Crippen molar-refractivity contribution < 1.29 is 14.1 Å². The molecule has 6 nitrogen and oxygen atoms in total. The molecule has 3 aromatic carbocycles. The molecule has 1 heterocycles. The fourth-order valence-corrected chi connectivity index (χ4v) is 3.47. The number of benzene rings is 3. The van der Waals surface area contributed by atoms with E-state index in [0.717, 1.165) is 11.1 Å². The zero-order valence-electron chi connectivity index (χ0n) is 15.7. The molecule has 150 valence electrons. The molecule has 0 saturated heterocycles. The molecular formula is C22H15Cl2N3O3. The lowest BCUT2D eigenvalue weighted by Crippen LogP contribution is -2.12. The van der Waals surface area contributed by atoms with E-state index in [1.807, 2.05) is 30.3 Å². The van der Waals surface area contributed by atoms with Gasteiger partial charge < -0.3 is 14.6 Å². The smallest absolute Gasteiger partial charge is 0.258 e. The third kappa shape index (κ3) is 4.15. The van der Waals surface area contributed by atoms with E-state index in [4.69, 9.17) is 32.5 Å². The van der Waals surface area contributed by atoms with Gasteiger partial charge in [0.2, 0.25) is 5.82 Å². The summed E-state index contributed by atoms with van der Waals surface area (Å²) in [7, 11) is 1.46. The Morgan fingerprint density at radius 3 is 2.27 bits per heavy atom. The Hall–Kier alpha value is -3.35. The first-order chi connectivity index (χ1) is 14.5. The van der Waals surface area contributed by atoms with Gasteiger partial charge >= 0.3 is 0 Å². The van der Waals surface area contributed by atoms with Crippen molar-refractivity contribution in [1.29, 1.82) is 0 Å². The first kappa shape index (κ1) is 19.9. The van der Waals surface area contributed by atoms with Crippen LogP contribution in [0.4, 0.5) is 5.69 Å². The van der Waals surface area contributed by atoms with Crippen molar-refractivity contribution in [2.75, 3.05) is 12.4 Å². The standard InChI is InChI=1S/C22H15Cl2N3O3/c1-29-19-17(23)11-15(12-18(19)24)21(28)25-16-9-7-14(8-10-16)22-26-20(27-30-22)13-5-3-2-4-6-13/h2-12H,1H3,(H,25,28). The van der Waals surface area contributed by atoms with Crippen LogP contribution in [0.2, 0.25) is 10.0 Å². The quantitative estimate of drug-likeness (QED) is 0.414. The van der Waals surface area contributed by atoms with Crippen LogP contribution in [0.3, 0.4) is 0 Å². The molecule has 8 heteroatoms. The number of aromatic nitrogens is 2. The third-order valence-electron chi connectivity index (χ3n) is 4.31. The van der Waals surface area contributed by atoms with Gasteiger partial charge in [-0.2, -0.15) is 4.98 Å². The minimum atomic E-state index is -0.349. The van der Waals surface area contributed by atoms with Crippen molar-refractivity contribution >= 4 is 34.8 Å². The monoisotopic (exact) mass is 439 g/mol. The van der Waals surface area contributed by atoms with E-state index in [1.54, 1.807) is 24.3 Å². The summed E-state index contributed by atoms with van der Waals surface area (Å²) in [5.74, 6) is 0.878. The maximum Gasteiger partial charge on any atom is 0.258 e. The molecule has 0 atom stereocenters. The summed E-state index contributed by atoms with van der Waals surface area (Å²) in [6.07, 6.45) is 0. The Bertz CT molecular complexity index is 1170. The number of halogens is 2. The number of carbonyl (C=O) groups excluding carboxylic acids is 1. The van der Waals surface area contributed by atoms with Gasteiger partial charge in [0.1, 0.15) is 0 Å². The first-order valence-corrected chi connectivity index (χ1v) is 9.64. The van der Waals surface area contributed by atoms with Crippen LogP contribution in [0.15, 0.2) is 71.3 Å². The highest BCUT2D eigenvalue weighted by atomic mass is 35.5. The van der Waals surface area contributed by atoms with Crippen LogP contribution in [0.25, 0.3) is 22.8 Å². The Labute approximate surface area is 182 Å². The molecule has 0 fully saturated rings. The van der Waals surface area contributed by atoms with Crippen molar-refractivity contribution in [1.82, 2.24) is 10.1 Å². The second-order valence-electron chi connectivity index (χ2n) is 6.29. The Kier molecular flexibility index (Phi) is 5.70. The maximum atomic E-state index is 12.5. The molecule has 0 aliphatic carbocycles. The third-order valence-corrected chi connectivity index (χ3v) is 4.87. The van der Waals surface area contributed by atoms with E-state index in [9.17, 15) is 4.79 Å². The number of hydrogen-bond acceptors (Lipinski definition) is 5. The van der Waals surface area contributed by atoms with Gasteiger partial charge in [-0.3, -0.25) is 4.79 Å². The van der Waals surface area contributed by atoms with Crippen LogP contribution in [0.1, 0.15) is 10.4 Å². The molecule has 0 aliphatic rings. The van der Waals surface area contributed by atoms with Crippen molar-refractivity contribution in [3.05, 3.63) is 82.3 Å². The molecule has 0 bridgehead atoms. The minimum Gasteiger partial charge on any atom is -0.494 e. The van der Waals surface area contributed by atoms with Crippen molar-refractivity contribution in [3.63, 3.8) is 0 Å². The highest BCUT2D eigenvalue weighted by Gasteiger charge is 2.14. The Morgan fingerprint density at radius 1 is 0.967 bits per heavy atom. The molecule has 4 aromatic rings. The van der Waals surface area contributed by atoms with Gasteiger partial charge in [-0.1, -0.05) is 58.7 Å². The number of amides is 1. The Balaban J connectivity index is 1.49. The summed E-state index contributed by atoms with van der Waals surface area (Å²) in [6, 6.07) is 19.6. The van der Waals surface area contributed by atoms with E-state index in [2.05, 4.69) is 15.5 Å². The van der Waals surface area contributed by atoms with E-state index in [-0.39, 0.29) is 16.0 Å². The van der Waals surface area contributed by atoms with Gasteiger partial charge in [-0.25, -0.2) is 0 Å². The summed E-state index contributed by atoms with van der Waals surface area (Å²) in [5, 5.41) is 7.33. The number of nitrogens with zero attached hydrogens (tertiary/aromatic N) is 2. The number of ether oxygens (including phenoxy) is 1. The van der Waals surface area contributed by atoms with Crippen molar-refractivity contribution in [3.8, 4) is 28.6 Å². The summed E-state index contributed by atoms with van der Waals surface area (Å²) in [6.45, 7) is 0. The largest absolute Gasteiger partial charge is 0.494 e. The zero-order chi connectivity index (χ0) is 21.1. The number of rotatable bonds is 5. The summed E-state index contributed by atoms with van der Waals surface area (Å²) in [5.41, 5.74) is 2.51. The maximum absolute atomic E-state index is 12.5. The molecule has 1 N–H and O–H groups in total. The number of nitrogens with one attached hydrogen (secondary N) is 1. The molecule has 0 saturated carbocycles. The molecule has 0 radical (unpaired) electrons. The van der Waals surface area contributed by atoms with Crippen LogP contribution in [-0.4, -0.2) is 23.2 Å². The summed E-state index contributed by atoms with van der Waals surface area (Å²) in [4.78, 5) is 16.9. The van der Waals surface area contributed by atoms with Crippen LogP contribution in [-0.2, 0) is 0 Å². The predicted molar refractivity (Wildman–Crippen MR) is 116 cm³/mol. The van der Waals surface area contributed by atoms with Crippen LogP contribution in [0.5, 0.6) is 5.75 Å². The molecule has 1 amide bonds. The van der Waals surface area contributed by atoms with Gasteiger partial charge in [0, 0.05) is 22.4 Å². The molecule has 0 unspecified atom stereocenters.